The molecule has 0 saturated carbocycles. The van der Waals surface area contributed by atoms with Crippen molar-refractivity contribution >= 4 is 62.1 Å². The van der Waals surface area contributed by atoms with Crippen LogP contribution in [0.1, 0.15) is 11.1 Å². The number of anilines is 1. The molecule has 0 aliphatic carbocycles. The lowest BCUT2D eigenvalue weighted by Crippen LogP contribution is -2.20. The summed E-state index contributed by atoms with van der Waals surface area (Å²) < 4.78 is 6.58. The summed E-state index contributed by atoms with van der Waals surface area (Å²) in [4.78, 5) is 29.7. The molecule has 1 aliphatic heterocycles. The number of ether oxygens (including phenoxy) is 1. The van der Waals surface area contributed by atoms with E-state index in [1.807, 2.05) is 61.5 Å². The molecule has 3 aromatic rings. The van der Waals surface area contributed by atoms with E-state index in [0.717, 1.165) is 15.7 Å². The lowest BCUT2D eigenvalue weighted by atomic mass is 10.2. The second kappa shape index (κ2) is 10.5. The first kappa shape index (κ1) is 22.8. The minimum absolute atomic E-state index is 0.161. The van der Waals surface area contributed by atoms with Gasteiger partial charge in [-0.05, 0) is 67.2 Å². The van der Waals surface area contributed by atoms with Gasteiger partial charge in [-0.1, -0.05) is 51.8 Å². The largest absolute Gasteiger partial charge is 0.483 e. The molecule has 1 aliphatic rings. The molecule has 0 atom stereocenters. The van der Waals surface area contributed by atoms with E-state index in [4.69, 9.17) is 4.74 Å². The van der Waals surface area contributed by atoms with E-state index < -0.39 is 0 Å². The molecule has 2 amide bonds. The molecular weight excluding hydrogens is 502 g/mol. The molecule has 0 radical (unpaired) electrons. The standard InChI is InChI=1S/C25H20BrN3O3S/c1-16-7-10-20(11-8-16)28-25-29-24(31)22(33-25)14-17-13-18(26)9-12-21(17)32-15-23(30)27-19-5-3-2-4-6-19/h2-14H,15H2,1H3,(H,27,30)(H,28,29,31)/b22-14-. The van der Waals surface area contributed by atoms with Crippen LogP contribution < -0.4 is 15.4 Å². The van der Waals surface area contributed by atoms with Crippen molar-refractivity contribution in [1.29, 1.82) is 0 Å². The minimum atomic E-state index is -0.275. The highest BCUT2D eigenvalue weighted by molar-refractivity contribution is 9.10. The zero-order valence-corrected chi connectivity index (χ0v) is 20.1. The Morgan fingerprint density at radius 1 is 1.12 bits per heavy atom. The number of carbonyl (C=O) groups is 2. The first-order valence-electron chi connectivity index (χ1n) is 10.1. The highest BCUT2D eigenvalue weighted by Gasteiger charge is 2.24. The van der Waals surface area contributed by atoms with Crippen LogP contribution >= 0.6 is 27.7 Å². The van der Waals surface area contributed by atoms with E-state index >= 15 is 0 Å². The van der Waals surface area contributed by atoms with Crippen LogP contribution in [0.15, 0.2) is 87.2 Å². The number of aliphatic imine (C=N–C) groups is 1. The number of nitrogens with zero attached hydrogens (tertiary/aromatic N) is 1. The van der Waals surface area contributed by atoms with Crippen LogP contribution in [0.25, 0.3) is 6.08 Å². The zero-order chi connectivity index (χ0) is 23.2. The second-order valence-corrected chi connectivity index (χ2v) is 9.15. The van der Waals surface area contributed by atoms with Gasteiger partial charge in [0, 0.05) is 15.7 Å². The van der Waals surface area contributed by atoms with Gasteiger partial charge in [0.25, 0.3) is 11.8 Å². The number of hydrogen-bond donors (Lipinski definition) is 2. The molecular formula is C25H20BrN3O3S. The van der Waals surface area contributed by atoms with E-state index in [-0.39, 0.29) is 18.4 Å². The van der Waals surface area contributed by atoms with Crippen LogP contribution in [0.2, 0.25) is 0 Å². The third kappa shape index (κ3) is 6.34. The molecule has 2 N–H and O–H groups in total. The molecule has 1 saturated heterocycles. The van der Waals surface area contributed by atoms with Crippen molar-refractivity contribution in [2.24, 2.45) is 4.99 Å². The van der Waals surface area contributed by atoms with Crippen LogP contribution in [0.3, 0.4) is 0 Å². The monoisotopic (exact) mass is 521 g/mol. The van der Waals surface area contributed by atoms with Crippen molar-refractivity contribution in [1.82, 2.24) is 5.32 Å². The maximum absolute atomic E-state index is 12.5. The van der Waals surface area contributed by atoms with E-state index in [0.29, 0.717) is 27.1 Å². The van der Waals surface area contributed by atoms with Crippen molar-refractivity contribution in [2.75, 3.05) is 11.9 Å². The predicted molar refractivity (Wildman–Crippen MR) is 137 cm³/mol. The Labute approximate surface area is 204 Å². The molecule has 6 nitrogen and oxygen atoms in total. The number of para-hydroxylation sites is 1. The average Bonchev–Trinajstić information content (AvgIpc) is 3.14. The fourth-order valence-electron chi connectivity index (χ4n) is 2.98. The number of halogens is 1. The lowest BCUT2D eigenvalue weighted by molar-refractivity contribution is -0.118. The molecule has 0 aromatic heterocycles. The Bertz CT molecular complexity index is 1240. The molecule has 33 heavy (non-hydrogen) atoms. The summed E-state index contributed by atoms with van der Waals surface area (Å²) in [5, 5.41) is 6.08. The fraction of sp³-hybridized carbons (Fsp3) is 0.0800. The van der Waals surface area contributed by atoms with Crippen molar-refractivity contribution in [2.45, 2.75) is 6.92 Å². The number of benzene rings is 3. The molecule has 0 spiro atoms. The summed E-state index contributed by atoms with van der Waals surface area (Å²) in [6.45, 7) is 1.85. The quantitative estimate of drug-likeness (QED) is 0.409. The SMILES string of the molecule is Cc1ccc(N=C2NC(=O)/C(=C/c3cc(Br)ccc3OCC(=O)Nc3ccccc3)S2)cc1. The zero-order valence-electron chi connectivity index (χ0n) is 17.7. The summed E-state index contributed by atoms with van der Waals surface area (Å²) in [7, 11) is 0. The maximum Gasteiger partial charge on any atom is 0.264 e. The first-order chi connectivity index (χ1) is 16.0. The normalized spacial score (nSPS) is 15.5. The number of rotatable bonds is 6. The molecule has 4 rings (SSSR count). The van der Waals surface area contributed by atoms with Gasteiger partial charge in [0.2, 0.25) is 0 Å². The number of amides is 2. The molecule has 1 fully saturated rings. The van der Waals surface area contributed by atoms with Gasteiger partial charge in [0.1, 0.15) is 5.75 Å². The minimum Gasteiger partial charge on any atom is -0.483 e. The maximum atomic E-state index is 12.5. The number of aryl methyl sites for hydroxylation is 1. The van der Waals surface area contributed by atoms with Gasteiger partial charge >= 0.3 is 0 Å². The Balaban J connectivity index is 1.48. The van der Waals surface area contributed by atoms with E-state index in [1.54, 1.807) is 24.3 Å². The van der Waals surface area contributed by atoms with Crippen molar-refractivity contribution in [3.05, 3.63) is 93.3 Å². The van der Waals surface area contributed by atoms with Crippen molar-refractivity contribution in [3.63, 3.8) is 0 Å². The number of thioether (sulfide) groups is 1. The van der Waals surface area contributed by atoms with Gasteiger partial charge < -0.3 is 15.4 Å². The van der Waals surface area contributed by atoms with Crippen LogP contribution in [0.5, 0.6) is 5.75 Å². The average molecular weight is 522 g/mol. The summed E-state index contributed by atoms with van der Waals surface area (Å²) >= 11 is 4.71. The van der Waals surface area contributed by atoms with Crippen LogP contribution in [0.4, 0.5) is 11.4 Å². The summed E-state index contributed by atoms with van der Waals surface area (Å²) in [5.41, 5.74) is 3.28. The van der Waals surface area contributed by atoms with E-state index in [1.165, 1.54) is 11.8 Å². The van der Waals surface area contributed by atoms with Crippen LogP contribution in [0, 0.1) is 6.92 Å². The molecule has 0 unspecified atom stereocenters. The highest BCUT2D eigenvalue weighted by Crippen LogP contribution is 2.32. The van der Waals surface area contributed by atoms with Crippen molar-refractivity contribution < 1.29 is 14.3 Å². The first-order valence-corrected chi connectivity index (χ1v) is 11.7. The van der Waals surface area contributed by atoms with Gasteiger partial charge in [-0.3, -0.25) is 9.59 Å². The molecule has 1 heterocycles. The summed E-state index contributed by atoms with van der Waals surface area (Å²) in [6, 6.07) is 22.3. The number of hydrogen-bond acceptors (Lipinski definition) is 5. The second-order valence-electron chi connectivity index (χ2n) is 7.20. The Hall–Kier alpha value is -3.36. The van der Waals surface area contributed by atoms with E-state index in [2.05, 4.69) is 31.6 Å². The predicted octanol–water partition coefficient (Wildman–Crippen LogP) is 5.67. The number of nitrogens with one attached hydrogen (secondary N) is 2. The number of amidine groups is 1. The van der Waals surface area contributed by atoms with E-state index in [9.17, 15) is 9.59 Å². The van der Waals surface area contributed by atoms with Gasteiger partial charge in [-0.2, -0.15) is 0 Å². The summed E-state index contributed by atoms with van der Waals surface area (Å²) in [6.07, 6.45) is 1.73. The van der Waals surface area contributed by atoms with Crippen molar-refractivity contribution in [3.8, 4) is 5.75 Å². The van der Waals surface area contributed by atoms with Gasteiger partial charge in [-0.25, -0.2) is 4.99 Å². The molecule has 3 aromatic carbocycles. The molecule has 166 valence electrons. The molecule has 0 bridgehead atoms. The lowest BCUT2D eigenvalue weighted by Gasteiger charge is -2.10. The Morgan fingerprint density at radius 3 is 2.64 bits per heavy atom. The smallest absolute Gasteiger partial charge is 0.264 e. The van der Waals surface area contributed by atoms with Gasteiger partial charge in [0.05, 0.1) is 10.6 Å². The highest BCUT2D eigenvalue weighted by atomic mass is 79.9. The third-order valence-electron chi connectivity index (χ3n) is 4.59. The van der Waals surface area contributed by atoms with Gasteiger partial charge in [-0.15, -0.1) is 0 Å². The summed E-state index contributed by atoms with van der Waals surface area (Å²) in [5.74, 6) is -0.0203. The van der Waals surface area contributed by atoms with Crippen LogP contribution in [-0.2, 0) is 9.59 Å². The third-order valence-corrected chi connectivity index (χ3v) is 5.99. The topological polar surface area (TPSA) is 79.8 Å². The van der Waals surface area contributed by atoms with Crippen LogP contribution in [-0.4, -0.2) is 23.6 Å². The Morgan fingerprint density at radius 2 is 1.88 bits per heavy atom. The van der Waals surface area contributed by atoms with Gasteiger partial charge in [0.15, 0.2) is 11.8 Å². The Kier molecular flexibility index (Phi) is 7.26. The molecule has 8 heteroatoms. The number of carbonyl (C=O) groups excluding carboxylic acids is 2. The fourth-order valence-corrected chi connectivity index (χ4v) is 4.20.